The molecular formula is C57H64N2O8. The van der Waals surface area contributed by atoms with Gasteiger partial charge in [-0.1, -0.05) is 99.2 Å². The van der Waals surface area contributed by atoms with E-state index >= 15 is 0 Å². The summed E-state index contributed by atoms with van der Waals surface area (Å²) >= 11 is 0. The Balaban J connectivity index is 0.000000200. The van der Waals surface area contributed by atoms with Crippen LogP contribution >= 0.6 is 0 Å². The molecule has 5 aromatic carbocycles. The number of carbonyl (C=O) groups excluding carboxylic acids is 1. The molecule has 0 spiro atoms. The maximum absolute atomic E-state index is 12.7. The summed E-state index contributed by atoms with van der Waals surface area (Å²) in [6.45, 7) is 5.38. The number of aryl methyl sites for hydroxylation is 2. The van der Waals surface area contributed by atoms with Crippen LogP contribution in [0.15, 0.2) is 130 Å². The average Bonchev–Trinajstić information content (AvgIpc) is 3.88. The van der Waals surface area contributed by atoms with E-state index in [9.17, 15) is 14.7 Å². The van der Waals surface area contributed by atoms with Crippen molar-refractivity contribution in [2.75, 3.05) is 18.9 Å². The first kappa shape index (κ1) is 47.0. The van der Waals surface area contributed by atoms with Crippen molar-refractivity contribution in [3.63, 3.8) is 0 Å². The van der Waals surface area contributed by atoms with Gasteiger partial charge in [-0.3, -0.25) is 9.59 Å². The minimum atomic E-state index is -0.922. The van der Waals surface area contributed by atoms with Gasteiger partial charge >= 0.3 is 5.97 Å². The van der Waals surface area contributed by atoms with Crippen LogP contribution in [0.1, 0.15) is 127 Å². The van der Waals surface area contributed by atoms with Gasteiger partial charge in [0.15, 0.2) is 0 Å². The smallest absolute Gasteiger partial charge is 0.305 e. The second-order valence-electron chi connectivity index (χ2n) is 18.4. The van der Waals surface area contributed by atoms with Gasteiger partial charge in [0.05, 0.1) is 12.5 Å². The zero-order valence-corrected chi connectivity index (χ0v) is 39.0. The number of carboxylic acid groups (broad SMARTS) is 1. The molecular weight excluding hydrogens is 841 g/mol. The first-order valence-electron chi connectivity index (χ1n) is 24.0. The molecule has 2 aliphatic carbocycles. The molecule has 350 valence electrons. The van der Waals surface area contributed by atoms with E-state index in [0.717, 1.165) is 98.6 Å². The van der Waals surface area contributed by atoms with Crippen LogP contribution in [0.25, 0.3) is 21.9 Å². The molecule has 2 saturated carbocycles. The minimum Gasteiger partial charge on any atom is -0.489 e. The molecule has 2 aliphatic rings. The van der Waals surface area contributed by atoms with E-state index in [1.807, 2.05) is 85.8 Å². The van der Waals surface area contributed by atoms with Gasteiger partial charge in [-0.2, -0.15) is 0 Å². The number of rotatable bonds is 16. The lowest BCUT2D eigenvalue weighted by molar-refractivity contribution is -0.137. The Kier molecular flexibility index (Phi) is 15.6. The lowest BCUT2D eigenvalue weighted by atomic mass is 9.82. The number of nitrogens with one attached hydrogen (secondary N) is 1. The Hall–Kier alpha value is -6.52. The van der Waals surface area contributed by atoms with Gasteiger partial charge in [0.25, 0.3) is 5.91 Å². The monoisotopic (exact) mass is 904 g/mol. The van der Waals surface area contributed by atoms with E-state index in [1.165, 1.54) is 43.4 Å². The van der Waals surface area contributed by atoms with Crippen molar-refractivity contribution in [3.8, 4) is 11.5 Å². The molecule has 10 nitrogen and oxygen atoms in total. The second-order valence-corrected chi connectivity index (χ2v) is 18.4. The number of aliphatic carboxylic acids is 1. The topological polar surface area (TPSA) is 135 Å². The molecule has 1 amide bonds. The molecule has 2 unspecified atom stereocenters. The van der Waals surface area contributed by atoms with Crippen molar-refractivity contribution in [2.45, 2.75) is 110 Å². The molecule has 3 N–H and O–H groups in total. The number of amides is 1. The number of aliphatic hydroxyl groups is 1. The van der Waals surface area contributed by atoms with Crippen LogP contribution < -0.4 is 14.8 Å². The van der Waals surface area contributed by atoms with Gasteiger partial charge < -0.3 is 38.7 Å². The fraction of sp³-hybridized carbons (Fsp3) is 0.368. The Morgan fingerprint density at radius 3 is 1.67 bits per heavy atom. The first-order chi connectivity index (χ1) is 32.6. The fourth-order valence-corrected chi connectivity index (χ4v) is 9.68. The average molecular weight is 905 g/mol. The summed E-state index contributed by atoms with van der Waals surface area (Å²) in [7, 11) is 1.62. The van der Waals surface area contributed by atoms with E-state index in [1.54, 1.807) is 19.2 Å². The van der Waals surface area contributed by atoms with Crippen LogP contribution in [-0.4, -0.2) is 40.6 Å². The third kappa shape index (κ3) is 11.9. The van der Waals surface area contributed by atoms with Crippen LogP contribution in [0.5, 0.6) is 11.5 Å². The van der Waals surface area contributed by atoms with Gasteiger partial charge in [0.2, 0.25) is 0 Å². The first-order valence-corrected chi connectivity index (χ1v) is 24.0. The quantitative estimate of drug-likeness (QED) is 0.0866. The number of benzene rings is 5. The summed E-state index contributed by atoms with van der Waals surface area (Å²) in [5.41, 5.74) is 7.52. The standard InChI is InChI=1S/C34H38N2O5.C23H26O3/c1-23-29-21-28(40-22-24-9-5-3-6-10-24)17-18-30(29)41-33(23)32(25-11-7-4-8-12-25)35-27-15-13-26(14-16-27)34(39)36(2)20-19-31(37)38;1-16-20-14-19(25-15-17-8-4-2-5-9-17)12-13-21(20)26-23(16)22(24)18-10-6-3-7-11-18/h3,5-6,9-10,13-18,21,25,32,35H,4,7-8,11-12,19-20,22H2,1-2H3,(H,37,38);2,4-5,8-9,12-14,18,22,24H,3,6-7,10-11,15H2,1H3. The Bertz CT molecular complexity index is 2700. The minimum absolute atomic E-state index is 0.00354. The highest BCUT2D eigenvalue weighted by molar-refractivity contribution is 5.94. The molecule has 9 rings (SSSR count). The van der Waals surface area contributed by atoms with E-state index in [-0.39, 0.29) is 24.9 Å². The van der Waals surface area contributed by atoms with Crippen LogP contribution in [0.3, 0.4) is 0 Å². The number of furan rings is 2. The summed E-state index contributed by atoms with van der Waals surface area (Å²) in [5.74, 6) is 2.94. The zero-order chi connectivity index (χ0) is 46.7. The van der Waals surface area contributed by atoms with Crippen molar-refractivity contribution in [2.24, 2.45) is 11.8 Å². The number of carboxylic acids is 1. The number of anilines is 1. The van der Waals surface area contributed by atoms with Crippen molar-refractivity contribution >= 4 is 39.5 Å². The molecule has 0 bridgehead atoms. The van der Waals surface area contributed by atoms with Gasteiger partial charge in [0.1, 0.15) is 53.5 Å². The lowest BCUT2D eigenvalue weighted by Gasteiger charge is -2.31. The number of nitrogens with zero attached hydrogens (tertiary/aromatic N) is 1. The van der Waals surface area contributed by atoms with E-state index in [4.69, 9.17) is 23.4 Å². The Morgan fingerprint density at radius 1 is 0.657 bits per heavy atom. The predicted molar refractivity (Wildman–Crippen MR) is 264 cm³/mol. The van der Waals surface area contributed by atoms with Crippen molar-refractivity contribution in [1.82, 2.24) is 4.90 Å². The van der Waals surface area contributed by atoms with Crippen LogP contribution in [0, 0.1) is 25.7 Å². The number of fused-ring (bicyclic) bond motifs is 2. The molecule has 2 atom stereocenters. The number of aliphatic hydroxyl groups excluding tert-OH is 1. The number of hydrogen-bond acceptors (Lipinski definition) is 8. The van der Waals surface area contributed by atoms with E-state index < -0.39 is 12.1 Å². The molecule has 2 heterocycles. The molecule has 7 aromatic rings. The molecule has 67 heavy (non-hydrogen) atoms. The zero-order valence-electron chi connectivity index (χ0n) is 39.0. The number of hydrogen-bond donors (Lipinski definition) is 3. The van der Waals surface area contributed by atoms with Gasteiger partial charge in [-0.05, 0) is 123 Å². The maximum atomic E-state index is 12.7. The predicted octanol–water partition coefficient (Wildman–Crippen LogP) is 13.5. The lowest BCUT2D eigenvalue weighted by Crippen LogP contribution is -2.29. The summed E-state index contributed by atoms with van der Waals surface area (Å²) in [5, 5.41) is 25.6. The van der Waals surface area contributed by atoms with Gasteiger partial charge in [-0.15, -0.1) is 0 Å². The van der Waals surface area contributed by atoms with Gasteiger partial charge in [0, 0.05) is 46.7 Å². The molecule has 0 saturated heterocycles. The third-order valence-electron chi connectivity index (χ3n) is 13.6. The van der Waals surface area contributed by atoms with Crippen molar-refractivity contribution in [3.05, 3.63) is 161 Å². The number of carbonyl (C=O) groups is 2. The van der Waals surface area contributed by atoms with Crippen molar-refractivity contribution < 1.29 is 38.1 Å². The largest absolute Gasteiger partial charge is 0.489 e. The highest BCUT2D eigenvalue weighted by atomic mass is 16.5. The summed E-state index contributed by atoms with van der Waals surface area (Å²) in [6.07, 6.45) is 11.2. The van der Waals surface area contributed by atoms with E-state index in [0.29, 0.717) is 30.6 Å². The Morgan fingerprint density at radius 2 is 1.15 bits per heavy atom. The highest BCUT2D eigenvalue weighted by Crippen LogP contribution is 2.42. The summed E-state index contributed by atoms with van der Waals surface area (Å²) in [6, 6.07) is 39.6. The fourth-order valence-electron chi connectivity index (χ4n) is 9.68. The van der Waals surface area contributed by atoms with Gasteiger partial charge in [-0.25, -0.2) is 0 Å². The van der Waals surface area contributed by atoms with Crippen LogP contribution in [0.2, 0.25) is 0 Å². The van der Waals surface area contributed by atoms with Crippen LogP contribution in [0.4, 0.5) is 5.69 Å². The Labute approximate surface area is 393 Å². The molecule has 0 radical (unpaired) electrons. The SMILES string of the molecule is Cc1c(C(Nc2ccc(C(=O)N(C)CCC(=O)O)cc2)C2CCCCC2)oc2ccc(OCc3ccccc3)cc12.Cc1c(C(O)C2CCCCC2)oc2ccc(OCc3ccccc3)cc12. The molecule has 2 fully saturated rings. The normalized spacial score (nSPS) is 15.3. The van der Waals surface area contributed by atoms with E-state index in [2.05, 4.69) is 42.6 Å². The summed E-state index contributed by atoms with van der Waals surface area (Å²) < 4.78 is 24.6. The third-order valence-corrected chi connectivity index (χ3v) is 13.6. The van der Waals surface area contributed by atoms with Crippen LogP contribution in [-0.2, 0) is 18.0 Å². The van der Waals surface area contributed by atoms with Crippen molar-refractivity contribution in [1.29, 1.82) is 0 Å². The molecule has 10 heteroatoms. The second kappa shape index (κ2) is 22.3. The molecule has 0 aliphatic heterocycles. The summed E-state index contributed by atoms with van der Waals surface area (Å²) in [4.78, 5) is 25.1. The highest BCUT2D eigenvalue weighted by Gasteiger charge is 2.31. The number of ether oxygens (including phenoxy) is 2. The maximum Gasteiger partial charge on any atom is 0.305 e. The molecule has 2 aromatic heterocycles.